The quantitative estimate of drug-likeness (QED) is 0.173. The van der Waals surface area contributed by atoms with E-state index in [1.54, 1.807) is 7.11 Å². The zero-order valence-corrected chi connectivity index (χ0v) is 8.32. The van der Waals surface area contributed by atoms with Crippen molar-refractivity contribution in [1.29, 1.82) is 0 Å². The molecule has 0 aliphatic rings. The monoisotopic (exact) mass is 203 g/mol. The highest BCUT2D eigenvalue weighted by Crippen LogP contribution is 1.89. The summed E-state index contributed by atoms with van der Waals surface area (Å²) in [5, 5.41) is 13.6. The fourth-order valence-corrected chi connectivity index (χ4v) is 0.845. The Morgan fingerprint density at radius 3 is 2.86 bits per heavy atom. The number of rotatable bonds is 7. The summed E-state index contributed by atoms with van der Waals surface area (Å²) in [6, 6.07) is 0. The summed E-state index contributed by atoms with van der Waals surface area (Å²) in [5.41, 5.74) is 5.21. The number of nitrogens with one attached hydrogen (secondary N) is 1. The van der Waals surface area contributed by atoms with Crippen LogP contribution in [-0.2, 0) is 9.53 Å². The lowest BCUT2D eigenvalue weighted by Gasteiger charge is -2.03. The average molecular weight is 203 g/mol. The summed E-state index contributed by atoms with van der Waals surface area (Å²) < 4.78 is 4.80. The maximum absolute atomic E-state index is 11.1. The van der Waals surface area contributed by atoms with Crippen LogP contribution in [-0.4, -0.2) is 37.2 Å². The normalized spacial score (nSPS) is 11.4. The van der Waals surface area contributed by atoms with Crippen molar-refractivity contribution < 1.29 is 14.7 Å². The van der Waals surface area contributed by atoms with Gasteiger partial charge in [-0.15, -0.1) is 0 Å². The SMILES string of the molecule is COCCCC(=O)NCCC(N)=NO. The van der Waals surface area contributed by atoms with Crippen molar-refractivity contribution in [2.75, 3.05) is 20.3 Å². The van der Waals surface area contributed by atoms with Crippen molar-refractivity contribution in [2.24, 2.45) is 10.9 Å². The van der Waals surface area contributed by atoms with Gasteiger partial charge < -0.3 is 21.0 Å². The van der Waals surface area contributed by atoms with E-state index in [1.165, 1.54) is 0 Å². The highest BCUT2D eigenvalue weighted by molar-refractivity contribution is 5.81. The second kappa shape index (κ2) is 8.31. The standard InChI is InChI=1S/C8H17N3O3/c1-14-6-2-3-8(12)10-5-4-7(9)11-13/h13H,2-6H2,1H3,(H2,9,11)(H,10,12). The molecule has 0 heterocycles. The van der Waals surface area contributed by atoms with Crippen molar-refractivity contribution in [2.45, 2.75) is 19.3 Å². The molecule has 6 heteroatoms. The Balaban J connectivity index is 3.36. The van der Waals surface area contributed by atoms with Gasteiger partial charge in [0.15, 0.2) is 0 Å². The highest BCUT2D eigenvalue weighted by Gasteiger charge is 2.00. The van der Waals surface area contributed by atoms with Crippen LogP contribution in [0.25, 0.3) is 0 Å². The Hall–Kier alpha value is -1.30. The predicted molar refractivity (Wildman–Crippen MR) is 52.1 cm³/mol. The average Bonchev–Trinajstić information content (AvgIpc) is 2.18. The molecule has 0 aliphatic heterocycles. The number of ether oxygens (including phenoxy) is 1. The molecule has 1 amide bonds. The molecule has 6 nitrogen and oxygen atoms in total. The van der Waals surface area contributed by atoms with Crippen molar-refractivity contribution in [3.63, 3.8) is 0 Å². The van der Waals surface area contributed by atoms with E-state index in [1.807, 2.05) is 0 Å². The van der Waals surface area contributed by atoms with E-state index in [9.17, 15) is 4.79 Å². The van der Waals surface area contributed by atoms with Crippen LogP contribution >= 0.6 is 0 Å². The summed E-state index contributed by atoms with van der Waals surface area (Å²) in [6.45, 7) is 0.968. The molecule has 0 aromatic carbocycles. The smallest absolute Gasteiger partial charge is 0.220 e. The first-order valence-electron chi connectivity index (χ1n) is 4.42. The number of carbonyl (C=O) groups excluding carboxylic acids is 1. The molecule has 0 aromatic heterocycles. The first-order valence-corrected chi connectivity index (χ1v) is 4.42. The minimum Gasteiger partial charge on any atom is -0.409 e. The third-order valence-corrected chi connectivity index (χ3v) is 1.58. The fourth-order valence-electron chi connectivity index (χ4n) is 0.845. The van der Waals surface area contributed by atoms with Gasteiger partial charge in [-0.2, -0.15) is 0 Å². The number of methoxy groups -OCH3 is 1. The molecular formula is C8H17N3O3. The van der Waals surface area contributed by atoms with Gasteiger partial charge in [0.25, 0.3) is 0 Å². The number of carbonyl (C=O) groups is 1. The van der Waals surface area contributed by atoms with E-state index in [0.29, 0.717) is 32.4 Å². The zero-order chi connectivity index (χ0) is 10.8. The molecule has 82 valence electrons. The molecule has 0 aromatic rings. The molecule has 0 spiro atoms. The number of amides is 1. The van der Waals surface area contributed by atoms with Crippen molar-refractivity contribution in [3.05, 3.63) is 0 Å². The van der Waals surface area contributed by atoms with Crippen LogP contribution in [0.1, 0.15) is 19.3 Å². The van der Waals surface area contributed by atoms with E-state index in [4.69, 9.17) is 15.7 Å². The lowest BCUT2D eigenvalue weighted by molar-refractivity contribution is -0.121. The van der Waals surface area contributed by atoms with Gasteiger partial charge in [-0.1, -0.05) is 5.16 Å². The fraction of sp³-hybridized carbons (Fsp3) is 0.750. The van der Waals surface area contributed by atoms with E-state index in [-0.39, 0.29) is 11.7 Å². The topological polar surface area (TPSA) is 96.9 Å². The Kier molecular flexibility index (Phi) is 7.53. The molecule has 0 saturated heterocycles. The number of amidine groups is 1. The van der Waals surface area contributed by atoms with E-state index in [0.717, 1.165) is 0 Å². The number of oxime groups is 1. The van der Waals surface area contributed by atoms with Gasteiger partial charge in [0.2, 0.25) is 5.91 Å². The predicted octanol–water partition coefficient (Wildman–Crippen LogP) is -0.334. The zero-order valence-electron chi connectivity index (χ0n) is 8.32. The lowest BCUT2D eigenvalue weighted by Crippen LogP contribution is -2.27. The van der Waals surface area contributed by atoms with Crippen LogP contribution in [0.4, 0.5) is 0 Å². The summed E-state index contributed by atoms with van der Waals surface area (Å²) in [7, 11) is 1.59. The molecule has 0 unspecified atom stereocenters. The van der Waals surface area contributed by atoms with Crippen LogP contribution < -0.4 is 11.1 Å². The summed E-state index contributed by atoms with van der Waals surface area (Å²) in [6.07, 6.45) is 1.49. The summed E-state index contributed by atoms with van der Waals surface area (Å²) in [5.74, 6) is 0.0648. The molecule has 0 radical (unpaired) electrons. The molecule has 4 N–H and O–H groups in total. The summed E-state index contributed by atoms with van der Waals surface area (Å²) in [4.78, 5) is 11.1. The van der Waals surface area contributed by atoms with Gasteiger partial charge in [0, 0.05) is 33.1 Å². The molecule has 0 atom stereocenters. The molecule has 0 fully saturated rings. The maximum atomic E-state index is 11.1. The highest BCUT2D eigenvalue weighted by atomic mass is 16.5. The van der Waals surface area contributed by atoms with Crippen LogP contribution in [0.3, 0.4) is 0 Å². The van der Waals surface area contributed by atoms with Crippen LogP contribution in [0, 0.1) is 0 Å². The third-order valence-electron chi connectivity index (χ3n) is 1.58. The van der Waals surface area contributed by atoms with Crippen LogP contribution in [0.5, 0.6) is 0 Å². The maximum Gasteiger partial charge on any atom is 0.220 e. The molecule has 0 rings (SSSR count). The van der Waals surface area contributed by atoms with E-state index >= 15 is 0 Å². The van der Waals surface area contributed by atoms with Gasteiger partial charge >= 0.3 is 0 Å². The van der Waals surface area contributed by atoms with Gasteiger partial charge in [0.1, 0.15) is 5.84 Å². The molecule has 14 heavy (non-hydrogen) atoms. The Labute approximate surface area is 83.1 Å². The largest absolute Gasteiger partial charge is 0.409 e. The van der Waals surface area contributed by atoms with Gasteiger partial charge in [-0.25, -0.2) is 0 Å². The second-order valence-corrected chi connectivity index (χ2v) is 2.79. The third kappa shape index (κ3) is 7.35. The van der Waals surface area contributed by atoms with Crippen LogP contribution in [0.15, 0.2) is 5.16 Å². The van der Waals surface area contributed by atoms with Crippen molar-refractivity contribution in [3.8, 4) is 0 Å². The Morgan fingerprint density at radius 2 is 2.29 bits per heavy atom. The van der Waals surface area contributed by atoms with Crippen molar-refractivity contribution >= 4 is 11.7 Å². The van der Waals surface area contributed by atoms with Gasteiger partial charge in [-0.3, -0.25) is 4.79 Å². The first kappa shape index (κ1) is 12.7. The first-order chi connectivity index (χ1) is 6.70. The number of nitrogens with zero attached hydrogens (tertiary/aromatic N) is 1. The minimum atomic E-state index is -0.0483. The van der Waals surface area contributed by atoms with Crippen LogP contribution in [0.2, 0.25) is 0 Å². The number of hydrogen-bond acceptors (Lipinski definition) is 4. The van der Waals surface area contributed by atoms with E-state index in [2.05, 4.69) is 10.5 Å². The molecule has 0 saturated carbocycles. The lowest BCUT2D eigenvalue weighted by atomic mass is 10.3. The summed E-state index contributed by atoms with van der Waals surface area (Å²) >= 11 is 0. The Bertz CT molecular complexity index is 194. The van der Waals surface area contributed by atoms with Crippen molar-refractivity contribution in [1.82, 2.24) is 5.32 Å². The van der Waals surface area contributed by atoms with Gasteiger partial charge in [0.05, 0.1) is 0 Å². The Morgan fingerprint density at radius 1 is 1.57 bits per heavy atom. The second-order valence-electron chi connectivity index (χ2n) is 2.79. The molecule has 0 aliphatic carbocycles. The molecular weight excluding hydrogens is 186 g/mol. The number of nitrogens with two attached hydrogens (primary N) is 1. The van der Waals surface area contributed by atoms with E-state index < -0.39 is 0 Å². The van der Waals surface area contributed by atoms with Gasteiger partial charge in [-0.05, 0) is 6.42 Å². The minimum absolute atomic E-state index is 0.0483. The number of hydrogen-bond donors (Lipinski definition) is 3. The molecule has 0 bridgehead atoms.